The molecular formula is C22H23N3O2S. The van der Waals surface area contributed by atoms with E-state index in [-0.39, 0.29) is 11.8 Å². The van der Waals surface area contributed by atoms with Gasteiger partial charge in [0.05, 0.1) is 18.5 Å². The maximum atomic E-state index is 12.7. The van der Waals surface area contributed by atoms with Crippen LogP contribution in [-0.2, 0) is 11.3 Å². The van der Waals surface area contributed by atoms with Crippen molar-refractivity contribution in [1.29, 1.82) is 0 Å². The normalized spacial score (nSPS) is 22.9. The van der Waals surface area contributed by atoms with E-state index < -0.39 is 0 Å². The van der Waals surface area contributed by atoms with Crippen LogP contribution in [0.15, 0.2) is 46.4 Å². The molecule has 3 aromatic heterocycles. The predicted molar refractivity (Wildman–Crippen MR) is 110 cm³/mol. The summed E-state index contributed by atoms with van der Waals surface area (Å²) in [5.74, 6) is 2.14. The minimum atomic E-state index is 0.0979. The number of allylic oxidation sites excluding steroid dienone is 2. The van der Waals surface area contributed by atoms with Gasteiger partial charge in [-0.15, -0.1) is 11.3 Å². The minimum Gasteiger partial charge on any atom is -0.467 e. The number of carbonyl (C=O) groups excluding carboxylic acids is 1. The van der Waals surface area contributed by atoms with E-state index in [4.69, 9.17) is 9.40 Å². The molecule has 6 heteroatoms. The Morgan fingerprint density at radius 3 is 2.96 bits per heavy atom. The van der Waals surface area contributed by atoms with E-state index in [0.29, 0.717) is 23.5 Å². The molecule has 5 rings (SSSR count). The van der Waals surface area contributed by atoms with Crippen molar-refractivity contribution in [2.75, 3.05) is 5.32 Å². The van der Waals surface area contributed by atoms with E-state index in [1.54, 1.807) is 6.26 Å². The number of hydrogen-bond donors (Lipinski definition) is 1. The van der Waals surface area contributed by atoms with E-state index in [2.05, 4.69) is 41.9 Å². The number of amides is 1. The maximum Gasteiger partial charge on any atom is 0.229 e. The van der Waals surface area contributed by atoms with Crippen molar-refractivity contribution in [2.45, 2.75) is 33.2 Å². The molecule has 3 aromatic rings. The lowest BCUT2D eigenvalue weighted by Gasteiger charge is -2.16. The molecule has 2 bridgehead atoms. The summed E-state index contributed by atoms with van der Waals surface area (Å²) in [6, 6.07) is 6.05. The number of fused-ring (bicyclic) bond motifs is 2. The second-order valence-electron chi connectivity index (χ2n) is 7.86. The minimum absolute atomic E-state index is 0.0979. The van der Waals surface area contributed by atoms with E-state index >= 15 is 0 Å². The van der Waals surface area contributed by atoms with Crippen LogP contribution in [-0.4, -0.2) is 15.5 Å². The van der Waals surface area contributed by atoms with Crippen LogP contribution in [0.3, 0.4) is 0 Å². The lowest BCUT2D eigenvalue weighted by atomic mass is 9.93. The summed E-state index contributed by atoms with van der Waals surface area (Å²) in [5.41, 5.74) is 4.32. The number of nitrogens with one attached hydrogen (secondary N) is 1. The highest BCUT2D eigenvalue weighted by atomic mass is 32.1. The summed E-state index contributed by atoms with van der Waals surface area (Å²) in [5, 5.41) is 5.75. The summed E-state index contributed by atoms with van der Waals surface area (Å²) >= 11 is 1.49. The van der Waals surface area contributed by atoms with Crippen LogP contribution in [0.1, 0.15) is 30.0 Å². The number of hydrogen-bond acceptors (Lipinski definition) is 4. The van der Waals surface area contributed by atoms with Gasteiger partial charge in [0.2, 0.25) is 5.91 Å². The largest absolute Gasteiger partial charge is 0.467 e. The van der Waals surface area contributed by atoms with Gasteiger partial charge in [-0.3, -0.25) is 4.79 Å². The number of furan rings is 1. The van der Waals surface area contributed by atoms with E-state index in [9.17, 15) is 4.79 Å². The number of aryl methyl sites for hydroxylation is 1. The molecule has 5 nitrogen and oxygen atoms in total. The summed E-state index contributed by atoms with van der Waals surface area (Å²) < 4.78 is 7.72. The van der Waals surface area contributed by atoms with E-state index in [1.165, 1.54) is 11.3 Å². The van der Waals surface area contributed by atoms with Crippen LogP contribution in [0.2, 0.25) is 0 Å². The Balaban J connectivity index is 1.33. The second-order valence-corrected chi connectivity index (χ2v) is 8.72. The Hall–Kier alpha value is -2.60. The predicted octanol–water partition coefficient (Wildman–Crippen LogP) is 5.02. The van der Waals surface area contributed by atoms with Gasteiger partial charge in [-0.1, -0.05) is 12.2 Å². The Morgan fingerprint density at radius 1 is 1.36 bits per heavy atom. The summed E-state index contributed by atoms with van der Waals surface area (Å²) in [6.45, 7) is 4.90. The van der Waals surface area contributed by atoms with Crippen molar-refractivity contribution in [2.24, 2.45) is 17.8 Å². The number of nitrogens with zero attached hydrogens (tertiary/aromatic N) is 2. The van der Waals surface area contributed by atoms with Gasteiger partial charge in [0.25, 0.3) is 0 Å². The lowest BCUT2D eigenvalue weighted by Crippen LogP contribution is -2.25. The van der Waals surface area contributed by atoms with Crippen molar-refractivity contribution in [3.63, 3.8) is 0 Å². The summed E-state index contributed by atoms with van der Waals surface area (Å²) in [4.78, 5) is 17.4. The molecule has 1 amide bonds. The molecule has 0 unspecified atom stereocenters. The van der Waals surface area contributed by atoms with Crippen molar-refractivity contribution in [1.82, 2.24) is 9.55 Å². The number of carbonyl (C=O) groups is 1. The van der Waals surface area contributed by atoms with Gasteiger partial charge in [0.15, 0.2) is 5.13 Å². The van der Waals surface area contributed by atoms with Gasteiger partial charge in [0.1, 0.15) is 5.76 Å². The zero-order valence-electron chi connectivity index (χ0n) is 16.0. The molecule has 0 saturated heterocycles. The van der Waals surface area contributed by atoms with Crippen molar-refractivity contribution in [3.05, 3.63) is 59.1 Å². The number of thiazole rings is 1. The monoisotopic (exact) mass is 393 g/mol. The van der Waals surface area contributed by atoms with Crippen molar-refractivity contribution in [3.8, 4) is 11.3 Å². The summed E-state index contributed by atoms with van der Waals surface area (Å²) in [6.07, 6.45) is 8.27. The molecule has 2 aliphatic carbocycles. The highest BCUT2D eigenvalue weighted by Crippen LogP contribution is 2.44. The molecule has 28 heavy (non-hydrogen) atoms. The van der Waals surface area contributed by atoms with Crippen LogP contribution in [0.4, 0.5) is 5.13 Å². The number of anilines is 1. The average Bonchev–Trinajstić information content (AvgIpc) is 3.49. The number of rotatable bonds is 5. The van der Waals surface area contributed by atoms with Gasteiger partial charge in [-0.25, -0.2) is 4.98 Å². The molecule has 1 N–H and O–H groups in total. The van der Waals surface area contributed by atoms with Crippen LogP contribution in [0, 0.1) is 31.6 Å². The van der Waals surface area contributed by atoms with Gasteiger partial charge in [-0.2, -0.15) is 0 Å². The van der Waals surface area contributed by atoms with Crippen LogP contribution < -0.4 is 5.32 Å². The van der Waals surface area contributed by atoms with Gasteiger partial charge in [0, 0.05) is 28.2 Å². The fraction of sp³-hybridized carbons (Fsp3) is 0.364. The second kappa shape index (κ2) is 6.78. The Kier molecular flexibility index (Phi) is 4.23. The van der Waals surface area contributed by atoms with Crippen LogP contribution >= 0.6 is 11.3 Å². The first-order valence-corrected chi connectivity index (χ1v) is 10.6. The third kappa shape index (κ3) is 3.02. The third-order valence-corrected chi connectivity index (χ3v) is 6.85. The molecule has 3 heterocycles. The van der Waals surface area contributed by atoms with Crippen LogP contribution in [0.5, 0.6) is 0 Å². The molecule has 0 radical (unpaired) electrons. The van der Waals surface area contributed by atoms with Gasteiger partial charge >= 0.3 is 0 Å². The standard InChI is InChI=1S/C22H23N3O2S/c1-13-8-18(14(2)25(13)11-17-4-3-7-27-17)20-12-28-22(23-20)24-21(26)19-10-15-5-6-16(19)9-15/h3-8,12,15-16,19H,9-11H2,1-2H3,(H,23,24,26)/t15-,16-,19-/m0/s1. The highest BCUT2D eigenvalue weighted by Gasteiger charge is 2.39. The molecular weight excluding hydrogens is 370 g/mol. The fourth-order valence-electron chi connectivity index (χ4n) is 4.60. The zero-order chi connectivity index (χ0) is 19.3. The topological polar surface area (TPSA) is 60.1 Å². The van der Waals surface area contributed by atoms with Gasteiger partial charge < -0.3 is 14.3 Å². The highest BCUT2D eigenvalue weighted by molar-refractivity contribution is 7.14. The molecule has 1 saturated carbocycles. The van der Waals surface area contributed by atoms with E-state index in [1.807, 2.05) is 17.5 Å². The fourth-order valence-corrected chi connectivity index (χ4v) is 5.31. The average molecular weight is 394 g/mol. The molecule has 0 spiro atoms. The Morgan fingerprint density at radius 2 is 2.25 bits per heavy atom. The van der Waals surface area contributed by atoms with Crippen LogP contribution in [0.25, 0.3) is 11.3 Å². The first kappa shape index (κ1) is 17.5. The van der Waals surface area contributed by atoms with Gasteiger partial charge in [-0.05, 0) is 56.7 Å². The van der Waals surface area contributed by atoms with E-state index in [0.717, 1.165) is 41.2 Å². The first-order chi connectivity index (χ1) is 13.6. The SMILES string of the molecule is Cc1cc(-c2csc(NC(=O)[C@H]3C[C@H]4C=C[C@H]3C4)n2)c(C)n1Cc1ccco1. The quantitative estimate of drug-likeness (QED) is 0.619. The molecule has 0 aliphatic heterocycles. The Bertz CT molecular complexity index is 1040. The number of aromatic nitrogens is 2. The molecule has 1 fully saturated rings. The molecule has 3 atom stereocenters. The lowest BCUT2D eigenvalue weighted by molar-refractivity contribution is -0.120. The molecule has 0 aromatic carbocycles. The third-order valence-electron chi connectivity index (χ3n) is 6.09. The first-order valence-electron chi connectivity index (χ1n) is 9.72. The van der Waals surface area contributed by atoms with Crippen molar-refractivity contribution < 1.29 is 9.21 Å². The molecule has 144 valence electrons. The Labute approximate surface area is 168 Å². The molecule has 2 aliphatic rings. The zero-order valence-corrected chi connectivity index (χ0v) is 16.8. The summed E-state index contributed by atoms with van der Waals surface area (Å²) in [7, 11) is 0. The maximum absolute atomic E-state index is 12.7. The van der Waals surface area contributed by atoms with Crippen molar-refractivity contribution >= 4 is 22.4 Å². The smallest absolute Gasteiger partial charge is 0.229 e.